The molecular weight excluding hydrogens is 387 g/mol. The Morgan fingerprint density at radius 3 is 2.29 bits per heavy atom. The van der Waals surface area contributed by atoms with Crippen LogP contribution < -0.4 is 10.6 Å². The molecule has 0 aliphatic carbocycles. The van der Waals surface area contributed by atoms with Crippen molar-refractivity contribution in [3.63, 3.8) is 0 Å². The molecule has 2 aromatic carbocycles. The summed E-state index contributed by atoms with van der Waals surface area (Å²) in [7, 11) is 2.04. The van der Waals surface area contributed by atoms with Crippen molar-refractivity contribution in [2.45, 2.75) is 12.8 Å². The van der Waals surface area contributed by atoms with Gasteiger partial charge in [-0.25, -0.2) is 13.2 Å². The Kier molecular flexibility index (Phi) is 6.31. The molecule has 0 amide bonds. The third-order valence-electron chi connectivity index (χ3n) is 4.74. The zero-order chi connectivity index (χ0) is 20.3. The highest BCUT2D eigenvalue weighted by Gasteiger charge is 2.24. The molecule has 0 bridgehead atoms. The average Bonchev–Trinajstić information content (AvgIpc) is 2.66. The molecule has 3 rings (SSSR count). The number of carbonyl (C=O) groups is 1. The Morgan fingerprint density at radius 1 is 1.04 bits per heavy atom. The molecule has 0 radical (unpaired) electrons. The minimum Gasteiger partial charge on any atom is -0.332 e. The van der Waals surface area contributed by atoms with Crippen molar-refractivity contribution in [3.05, 3.63) is 59.4 Å². The van der Waals surface area contributed by atoms with Gasteiger partial charge in [0.25, 0.3) is 0 Å². The van der Waals surface area contributed by atoms with Gasteiger partial charge in [0.05, 0.1) is 0 Å². The number of ketones is 1. The number of piperidine rings is 1. The molecular formula is C20H20F3N3OS. The van der Waals surface area contributed by atoms with E-state index in [0.717, 1.165) is 38.1 Å². The Balaban J connectivity index is 1.65. The number of halogens is 3. The van der Waals surface area contributed by atoms with Gasteiger partial charge in [0, 0.05) is 35.0 Å². The van der Waals surface area contributed by atoms with E-state index in [1.165, 1.54) is 0 Å². The standard InChI is InChI=1S/C20H20F3N3OS/c1-26-7-5-12(6-8-26)19(27)13-3-2-4-14(9-13)24-20(28)25-15-10-16(21)18(23)17(22)11-15/h2-4,9-12H,5-8H2,1H3,(H2,24,25,28). The lowest BCUT2D eigenvalue weighted by atomic mass is 9.89. The lowest BCUT2D eigenvalue weighted by Crippen LogP contribution is -2.33. The lowest BCUT2D eigenvalue weighted by molar-refractivity contribution is 0.0857. The topological polar surface area (TPSA) is 44.4 Å². The van der Waals surface area contributed by atoms with Crippen LogP contribution in [0.5, 0.6) is 0 Å². The van der Waals surface area contributed by atoms with Crippen molar-refractivity contribution in [2.75, 3.05) is 30.8 Å². The second-order valence-electron chi connectivity index (χ2n) is 6.86. The van der Waals surface area contributed by atoms with E-state index >= 15 is 0 Å². The van der Waals surface area contributed by atoms with Crippen LogP contribution in [0.2, 0.25) is 0 Å². The molecule has 2 aromatic rings. The Morgan fingerprint density at radius 2 is 1.64 bits per heavy atom. The first-order chi connectivity index (χ1) is 13.3. The molecule has 2 N–H and O–H groups in total. The monoisotopic (exact) mass is 407 g/mol. The summed E-state index contributed by atoms with van der Waals surface area (Å²) in [5.41, 5.74) is 1.13. The van der Waals surface area contributed by atoms with Gasteiger partial charge >= 0.3 is 0 Å². The summed E-state index contributed by atoms with van der Waals surface area (Å²) in [6.07, 6.45) is 1.66. The minimum atomic E-state index is -1.54. The van der Waals surface area contributed by atoms with Gasteiger partial charge in [-0.1, -0.05) is 12.1 Å². The summed E-state index contributed by atoms with van der Waals surface area (Å²) in [5.74, 6) is -4.06. The van der Waals surface area contributed by atoms with Crippen LogP contribution in [0.4, 0.5) is 24.5 Å². The molecule has 8 heteroatoms. The van der Waals surface area contributed by atoms with Crippen molar-refractivity contribution in [1.29, 1.82) is 0 Å². The fraction of sp³-hybridized carbons (Fsp3) is 0.300. The SMILES string of the molecule is CN1CCC(C(=O)c2cccc(NC(=S)Nc3cc(F)c(F)c(F)c3)c2)CC1. The molecule has 148 valence electrons. The van der Waals surface area contributed by atoms with Crippen molar-refractivity contribution in [2.24, 2.45) is 5.92 Å². The number of hydrogen-bond donors (Lipinski definition) is 2. The van der Waals surface area contributed by atoms with Crippen molar-refractivity contribution >= 4 is 34.5 Å². The zero-order valence-electron chi connectivity index (χ0n) is 15.3. The third kappa shape index (κ3) is 4.88. The maximum atomic E-state index is 13.3. The van der Waals surface area contributed by atoms with Crippen LogP contribution in [0.15, 0.2) is 36.4 Å². The van der Waals surface area contributed by atoms with Crippen molar-refractivity contribution in [3.8, 4) is 0 Å². The number of hydrogen-bond acceptors (Lipinski definition) is 3. The summed E-state index contributed by atoms with van der Waals surface area (Å²) < 4.78 is 39.6. The van der Waals surface area contributed by atoms with E-state index in [1.54, 1.807) is 24.3 Å². The quantitative estimate of drug-likeness (QED) is 0.446. The number of nitrogens with one attached hydrogen (secondary N) is 2. The second kappa shape index (κ2) is 8.70. The van der Waals surface area contributed by atoms with Crippen LogP contribution in [-0.2, 0) is 0 Å². The summed E-state index contributed by atoms with van der Waals surface area (Å²) in [5, 5.41) is 5.53. The van der Waals surface area contributed by atoms with E-state index in [2.05, 4.69) is 15.5 Å². The summed E-state index contributed by atoms with van der Waals surface area (Å²) in [6.45, 7) is 1.79. The van der Waals surface area contributed by atoms with Gasteiger partial charge in [-0.3, -0.25) is 4.79 Å². The molecule has 1 saturated heterocycles. The minimum absolute atomic E-state index is 0.00157. The van der Waals surface area contributed by atoms with Crippen LogP contribution in [-0.4, -0.2) is 35.9 Å². The normalized spacial score (nSPS) is 15.3. The van der Waals surface area contributed by atoms with Gasteiger partial charge in [-0.05, 0) is 57.3 Å². The first-order valence-electron chi connectivity index (χ1n) is 8.89. The molecule has 0 saturated carbocycles. The van der Waals surface area contributed by atoms with E-state index in [4.69, 9.17) is 12.2 Å². The maximum Gasteiger partial charge on any atom is 0.194 e. The van der Waals surface area contributed by atoms with Gasteiger partial charge in [0.1, 0.15) is 0 Å². The fourth-order valence-electron chi connectivity index (χ4n) is 3.18. The van der Waals surface area contributed by atoms with Gasteiger partial charge in [0.2, 0.25) is 0 Å². The first kappa shape index (κ1) is 20.3. The number of carbonyl (C=O) groups excluding carboxylic acids is 1. The first-order valence-corrected chi connectivity index (χ1v) is 9.29. The summed E-state index contributed by atoms with van der Waals surface area (Å²) in [6, 6.07) is 8.54. The number of rotatable bonds is 4. The summed E-state index contributed by atoms with van der Waals surface area (Å²) >= 11 is 5.13. The molecule has 0 spiro atoms. The van der Waals surface area contributed by atoms with Crippen LogP contribution in [0.3, 0.4) is 0 Å². The van der Waals surface area contributed by atoms with E-state index in [1.807, 2.05) is 7.05 Å². The lowest BCUT2D eigenvalue weighted by Gasteiger charge is -2.28. The predicted octanol–water partition coefficient (Wildman–Crippen LogP) is 4.44. The average molecular weight is 407 g/mol. The molecule has 0 unspecified atom stereocenters. The molecule has 1 aliphatic heterocycles. The highest BCUT2D eigenvalue weighted by Crippen LogP contribution is 2.23. The Labute approximate surface area is 166 Å². The molecule has 0 aromatic heterocycles. The van der Waals surface area contributed by atoms with Crippen LogP contribution in [0.25, 0.3) is 0 Å². The van der Waals surface area contributed by atoms with E-state index in [0.29, 0.717) is 11.3 Å². The number of nitrogens with zero attached hydrogens (tertiary/aromatic N) is 1. The molecule has 28 heavy (non-hydrogen) atoms. The van der Waals surface area contributed by atoms with Crippen LogP contribution >= 0.6 is 12.2 Å². The number of anilines is 2. The smallest absolute Gasteiger partial charge is 0.194 e. The Bertz CT molecular complexity index is 875. The third-order valence-corrected chi connectivity index (χ3v) is 4.94. The van der Waals surface area contributed by atoms with Crippen LogP contribution in [0, 0.1) is 23.4 Å². The number of thiocarbonyl (C=S) groups is 1. The van der Waals surface area contributed by atoms with E-state index < -0.39 is 17.5 Å². The van der Waals surface area contributed by atoms with Gasteiger partial charge in [0.15, 0.2) is 28.3 Å². The highest BCUT2D eigenvalue weighted by molar-refractivity contribution is 7.80. The largest absolute Gasteiger partial charge is 0.332 e. The van der Waals surface area contributed by atoms with E-state index in [9.17, 15) is 18.0 Å². The maximum absolute atomic E-state index is 13.3. The molecule has 1 aliphatic rings. The Hall–Kier alpha value is -2.45. The predicted molar refractivity (Wildman–Crippen MR) is 107 cm³/mol. The molecule has 1 heterocycles. The second-order valence-corrected chi connectivity index (χ2v) is 7.26. The molecule has 4 nitrogen and oxygen atoms in total. The van der Waals surface area contributed by atoms with Gasteiger partial charge < -0.3 is 15.5 Å². The van der Waals surface area contributed by atoms with Crippen LogP contribution in [0.1, 0.15) is 23.2 Å². The molecule has 0 atom stereocenters. The summed E-state index contributed by atoms with van der Waals surface area (Å²) in [4.78, 5) is 14.9. The number of Topliss-reactive ketones (excluding diaryl/α,β-unsaturated/α-hetero) is 1. The van der Waals surface area contributed by atoms with Gasteiger partial charge in [-0.2, -0.15) is 0 Å². The zero-order valence-corrected chi connectivity index (χ0v) is 16.1. The fourth-order valence-corrected chi connectivity index (χ4v) is 3.41. The van der Waals surface area contributed by atoms with Gasteiger partial charge in [-0.15, -0.1) is 0 Å². The number of likely N-dealkylation sites (tertiary alicyclic amines) is 1. The molecule has 1 fully saturated rings. The highest BCUT2D eigenvalue weighted by atomic mass is 32.1. The number of benzene rings is 2. The van der Waals surface area contributed by atoms with Crippen molar-refractivity contribution < 1.29 is 18.0 Å². The van der Waals surface area contributed by atoms with E-state index in [-0.39, 0.29) is 22.5 Å². The van der Waals surface area contributed by atoms with Crippen molar-refractivity contribution in [1.82, 2.24) is 4.90 Å².